The predicted octanol–water partition coefficient (Wildman–Crippen LogP) is 2.27. The zero-order chi connectivity index (χ0) is 25.0. The topological polar surface area (TPSA) is 120 Å². The van der Waals surface area contributed by atoms with E-state index in [4.69, 9.17) is 14.2 Å². The molecule has 0 saturated heterocycles. The van der Waals surface area contributed by atoms with Crippen LogP contribution in [0.5, 0.6) is 17.4 Å². The highest BCUT2D eigenvalue weighted by molar-refractivity contribution is 5.90. The average Bonchev–Trinajstić information content (AvgIpc) is 3.30. The molecule has 2 amide bonds. The molecule has 35 heavy (non-hydrogen) atoms. The van der Waals surface area contributed by atoms with Gasteiger partial charge in [0.1, 0.15) is 24.7 Å². The molecule has 3 rings (SSSR count). The van der Waals surface area contributed by atoms with Crippen LogP contribution in [0, 0.1) is 0 Å². The van der Waals surface area contributed by atoms with Crippen LogP contribution in [-0.2, 0) is 16.1 Å². The molecule has 1 aromatic carbocycles. The van der Waals surface area contributed by atoms with E-state index in [1.807, 2.05) is 24.3 Å². The Hall–Kier alpha value is -4.28. The van der Waals surface area contributed by atoms with Crippen LogP contribution in [0.3, 0.4) is 0 Å². The van der Waals surface area contributed by atoms with Crippen molar-refractivity contribution < 1.29 is 23.8 Å². The van der Waals surface area contributed by atoms with E-state index in [-0.39, 0.29) is 24.8 Å². The summed E-state index contributed by atoms with van der Waals surface area (Å²) in [6, 6.07) is 10.8. The minimum Gasteiger partial charge on any atom is -0.497 e. The van der Waals surface area contributed by atoms with Gasteiger partial charge in [0.25, 0.3) is 0 Å². The fraction of sp³-hybridized carbons (Fsp3) is 0.333. The molecular weight excluding hydrogens is 452 g/mol. The first-order chi connectivity index (χ1) is 17.0. The number of amides is 2. The number of methoxy groups -OCH3 is 2. The van der Waals surface area contributed by atoms with E-state index in [2.05, 4.69) is 20.7 Å². The second kappa shape index (κ2) is 12.8. The molecule has 0 saturated carbocycles. The number of aromatic nitrogens is 3. The van der Waals surface area contributed by atoms with Gasteiger partial charge in [0, 0.05) is 44.2 Å². The first kappa shape index (κ1) is 25.3. The Balaban J connectivity index is 1.36. The van der Waals surface area contributed by atoms with E-state index in [1.54, 1.807) is 50.7 Å². The molecule has 11 heteroatoms. The molecule has 0 bridgehead atoms. The van der Waals surface area contributed by atoms with Gasteiger partial charge in [0.2, 0.25) is 17.7 Å². The van der Waals surface area contributed by atoms with Crippen molar-refractivity contribution in [3.63, 3.8) is 0 Å². The summed E-state index contributed by atoms with van der Waals surface area (Å²) in [7, 11) is 4.86. The molecule has 0 fully saturated rings. The van der Waals surface area contributed by atoms with Gasteiger partial charge in [0.05, 0.1) is 32.6 Å². The van der Waals surface area contributed by atoms with Gasteiger partial charge >= 0.3 is 0 Å². The second-order valence-electron chi connectivity index (χ2n) is 7.58. The number of anilines is 2. The maximum Gasteiger partial charge on any atom is 0.244 e. The Bertz CT molecular complexity index is 1100. The maximum absolute atomic E-state index is 12.5. The summed E-state index contributed by atoms with van der Waals surface area (Å²) in [4.78, 5) is 30.3. The lowest BCUT2D eigenvalue weighted by Gasteiger charge is -2.17. The third-order valence-corrected chi connectivity index (χ3v) is 5.02. The van der Waals surface area contributed by atoms with E-state index in [1.165, 1.54) is 10.9 Å². The quantitative estimate of drug-likeness (QED) is 0.381. The number of carbonyl (C=O) groups excluding carboxylic acids is 2. The number of benzene rings is 1. The normalized spacial score (nSPS) is 10.4. The number of likely N-dealkylation sites (N-methyl/N-ethyl adjacent to an activating group) is 1. The Kier molecular flexibility index (Phi) is 9.29. The van der Waals surface area contributed by atoms with Crippen LogP contribution in [0.1, 0.15) is 6.42 Å². The lowest BCUT2D eigenvalue weighted by molar-refractivity contribution is -0.131. The molecule has 0 aliphatic carbocycles. The fourth-order valence-corrected chi connectivity index (χ4v) is 3.05. The van der Waals surface area contributed by atoms with Crippen LogP contribution in [0.15, 0.2) is 55.0 Å². The van der Waals surface area contributed by atoms with E-state index < -0.39 is 0 Å². The number of rotatable bonds is 13. The Morgan fingerprint density at radius 2 is 1.83 bits per heavy atom. The van der Waals surface area contributed by atoms with E-state index in [0.717, 1.165) is 11.4 Å². The van der Waals surface area contributed by atoms with Gasteiger partial charge < -0.3 is 29.7 Å². The van der Waals surface area contributed by atoms with Crippen molar-refractivity contribution in [1.82, 2.24) is 19.7 Å². The standard InChI is InChI=1S/C24H30N6O5/c1-29(12-13-35-21-6-4-20(33-2)5-7-21)24(32)17-30-16-19(15-27-30)28-22(31)9-11-25-18-8-10-26-23(14-18)34-3/h4-8,10,14-16H,9,11-13,17H2,1-3H3,(H,25,26)(H,28,31). The highest BCUT2D eigenvalue weighted by Gasteiger charge is 2.12. The Morgan fingerprint density at radius 3 is 2.57 bits per heavy atom. The van der Waals surface area contributed by atoms with Crippen molar-refractivity contribution in [2.75, 3.05) is 51.6 Å². The monoisotopic (exact) mass is 482 g/mol. The molecule has 0 spiro atoms. The van der Waals surface area contributed by atoms with Gasteiger partial charge in [-0.05, 0) is 30.3 Å². The van der Waals surface area contributed by atoms with Gasteiger partial charge in [-0.2, -0.15) is 5.10 Å². The van der Waals surface area contributed by atoms with Crippen molar-refractivity contribution in [1.29, 1.82) is 0 Å². The van der Waals surface area contributed by atoms with Crippen molar-refractivity contribution in [2.24, 2.45) is 0 Å². The molecule has 2 heterocycles. The minimum atomic E-state index is -0.169. The largest absolute Gasteiger partial charge is 0.497 e. The van der Waals surface area contributed by atoms with Crippen LogP contribution in [0.4, 0.5) is 11.4 Å². The van der Waals surface area contributed by atoms with E-state index >= 15 is 0 Å². The van der Waals surface area contributed by atoms with Crippen LogP contribution >= 0.6 is 0 Å². The zero-order valence-electron chi connectivity index (χ0n) is 20.1. The molecule has 0 aliphatic rings. The van der Waals surface area contributed by atoms with E-state index in [9.17, 15) is 9.59 Å². The third-order valence-electron chi connectivity index (χ3n) is 5.02. The van der Waals surface area contributed by atoms with Crippen molar-refractivity contribution in [2.45, 2.75) is 13.0 Å². The van der Waals surface area contributed by atoms with Crippen LogP contribution in [0.2, 0.25) is 0 Å². The molecule has 3 aromatic rings. The summed E-state index contributed by atoms with van der Waals surface area (Å²) in [5.41, 5.74) is 1.34. The molecule has 0 radical (unpaired) electrons. The predicted molar refractivity (Wildman–Crippen MR) is 131 cm³/mol. The highest BCUT2D eigenvalue weighted by atomic mass is 16.5. The molecule has 0 unspecified atom stereocenters. The van der Waals surface area contributed by atoms with Crippen molar-refractivity contribution >= 4 is 23.2 Å². The Morgan fingerprint density at radius 1 is 1.06 bits per heavy atom. The van der Waals surface area contributed by atoms with Gasteiger partial charge in [-0.1, -0.05) is 0 Å². The summed E-state index contributed by atoms with van der Waals surface area (Å²) < 4.78 is 17.3. The van der Waals surface area contributed by atoms with Gasteiger partial charge in [-0.15, -0.1) is 0 Å². The lowest BCUT2D eigenvalue weighted by Crippen LogP contribution is -2.33. The van der Waals surface area contributed by atoms with E-state index in [0.29, 0.717) is 37.0 Å². The van der Waals surface area contributed by atoms with Crippen molar-refractivity contribution in [3.8, 4) is 17.4 Å². The average molecular weight is 483 g/mol. The van der Waals surface area contributed by atoms with Crippen LogP contribution in [0.25, 0.3) is 0 Å². The van der Waals surface area contributed by atoms with Gasteiger partial charge in [-0.3, -0.25) is 14.3 Å². The number of carbonyl (C=O) groups is 2. The maximum atomic E-state index is 12.5. The summed E-state index contributed by atoms with van der Waals surface area (Å²) in [6.07, 6.45) is 5.02. The van der Waals surface area contributed by atoms with Gasteiger partial charge in [0.15, 0.2) is 0 Å². The summed E-state index contributed by atoms with van der Waals surface area (Å²) >= 11 is 0. The van der Waals surface area contributed by atoms with Crippen LogP contribution < -0.4 is 24.8 Å². The lowest BCUT2D eigenvalue weighted by atomic mass is 10.3. The third kappa shape index (κ3) is 8.22. The Labute approximate surface area is 204 Å². The molecule has 186 valence electrons. The number of nitrogens with one attached hydrogen (secondary N) is 2. The summed E-state index contributed by atoms with van der Waals surface area (Å²) in [6.45, 7) is 1.27. The number of pyridine rings is 1. The van der Waals surface area contributed by atoms with Crippen LogP contribution in [-0.4, -0.2) is 72.4 Å². The summed E-state index contributed by atoms with van der Waals surface area (Å²) in [5, 5.41) is 10.1. The first-order valence-electron chi connectivity index (χ1n) is 11.0. The first-order valence-corrected chi connectivity index (χ1v) is 11.0. The number of ether oxygens (including phenoxy) is 3. The fourth-order valence-electron chi connectivity index (χ4n) is 3.05. The molecule has 0 atom stereocenters. The smallest absolute Gasteiger partial charge is 0.244 e. The molecule has 2 aromatic heterocycles. The van der Waals surface area contributed by atoms with Crippen molar-refractivity contribution in [3.05, 3.63) is 55.0 Å². The molecular formula is C24H30N6O5. The number of nitrogens with zero attached hydrogens (tertiary/aromatic N) is 4. The van der Waals surface area contributed by atoms with Gasteiger partial charge in [-0.25, -0.2) is 4.98 Å². The highest BCUT2D eigenvalue weighted by Crippen LogP contribution is 2.17. The SMILES string of the molecule is COc1ccc(OCCN(C)C(=O)Cn2cc(NC(=O)CCNc3ccnc(OC)c3)cn2)cc1. The zero-order valence-corrected chi connectivity index (χ0v) is 20.1. The molecule has 11 nitrogen and oxygen atoms in total. The number of hydrogen-bond donors (Lipinski definition) is 2. The molecule has 0 aliphatic heterocycles. The number of hydrogen-bond acceptors (Lipinski definition) is 8. The summed E-state index contributed by atoms with van der Waals surface area (Å²) in [5.74, 6) is 1.66. The minimum absolute atomic E-state index is 0.0559. The second-order valence-corrected chi connectivity index (χ2v) is 7.58. The molecule has 2 N–H and O–H groups in total.